The maximum Gasteiger partial charge on any atom is 0.372 e. The molecule has 1 aliphatic carbocycles. The Hall–Kier alpha value is -1.54. The monoisotopic (exact) mass is 426 g/mol. The summed E-state index contributed by atoms with van der Waals surface area (Å²) < 4.78 is 1.02. The first-order valence-corrected chi connectivity index (χ1v) is 11.5. The van der Waals surface area contributed by atoms with Gasteiger partial charge in [-0.05, 0) is 12.3 Å². The lowest BCUT2D eigenvalue weighted by Crippen LogP contribution is -2.19. The van der Waals surface area contributed by atoms with Crippen molar-refractivity contribution >= 4 is 33.6 Å². The number of hydrogen-bond donors (Lipinski definition) is 0. The van der Waals surface area contributed by atoms with Gasteiger partial charge in [0.05, 0.1) is 4.92 Å². The highest BCUT2D eigenvalue weighted by Gasteiger charge is 2.24. The fourth-order valence-electron chi connectivity index (χ4n) is 3.97. The predicted molar refractivity (Wildman–Crippen MR) is 111 cm³/mol. The first kappa shape index (κ1) is 21.2. The van der Waals surface area contributed by atoms with Gasteiger partial charge in [-0.25, -0.2) is 0 Å². The molecule has 0 amide bonds. The molecule has 7 nitrogen and oxygen atoms in total. The molecule has 0 unspecified atom stereocenters. The van der Waals surface area contributed by atoms with E-state index in [0.29, 0.717) is 10.9 Å². The Bertz CT molecular complexity index is 855. The molecule has 2 heterocycles. The molecule has 0 aliphatic heterocycles. The molecule has 28 heavy (non-hydrogen) atoms. The van der Waals surface area contributed by atoms with Gasteiger partial charge in [0.25, 0.3) is 0 Å². The summed E-state index contributed by atoms with van der Waals surface area (Å²) in [7, 11) is 0. The van der Waals surface area contributed by atoms with Crippen LogP contribution in [0.15, 0.2) is 4.79 Å². The Kier molecular flexibility index (Phi) is 7.79. The highest BCUT2D eigenvalue weighted by Crippen LogP contribution is 2.26. The van der Waals surface area contributed by atoms with E-state index in [2.05, 4.69) is 10.1 Å². The zero-order valence-electron chi connectivity index (χ0n) is 16.1. The summed E-state index contributed by atoms with van der Waals surface area (Å²) in [6.45, 7) is 0. The summed E-state index contributed by atoms with van der Waals surface area (Å²) in [5, 5.41) is 15.7. The molecule has 0 spiro atoms. The Balaban J connectivity index is 1.66. The van der Waals surface area contributed by atoms with Gasteiger partial charge in [-0.2, -0.15) is 14.6 Å². The van der Waals surface area contributed by atoms with Crippen LogP contribution >= 0.6 is 22.9 Å². The molecule has 0 radical (unpaired) electrons. The second kappa shape index (κ2) is 10.3. The van der Waals surface area contributed by atoms with Gasteiger partial charge in [-0.15, -0.1) is 0 Å². The van der Waals surface area contributed by atoms with Crippen LogP contribution in [0.4, 0.5) is 5.69 Å². The van der Waals surface area contributed by atoms with Gasteiger partial charge in [0.15, 0.2) is 0 Å². The van der Waals surface area contributed by atoms with Crippen LogP contribution in [0.25, 0.3) is 4.96 Å². The van der Waals surface area contributed by atoms with Gasteiger partial charge in [0, 0.05) is 6.42 Å². The standard InChI is InChI=1S/C19H27ClN4O3S/c20-17-16(24(26)27)18(25)23-19(21-17)28-15(22-23)13-12-14-10-8-6-4-2-1-3-5-7-9-11-14/h14H,1-13H2. The van der Waals surface area contributed by atoms with E-state index >= 15 is 0 Å². The molecule has 1 saturated carbocycles. The lowest BCUT2D eigenvalue weighted by Gasteiger charge is -2.17. The molecule has 2 aromatic rings. The minimum atomic E-state index is -0.812. The molecule has 0 bridgehead atoms. The van der Waals surface area contributed by atoms with Gasteiger partial charge in [0.2, 0.25) is 10.1 Å². The number of aryl methyl sites for hydroxylation is 1. The molecular formula is C19H27ClN4O3S. The zero-order chi connectivity index (χ0) is 19.9. The van der Waals surface area contributed by atoms with E-state index in [-0.39, 0.29) is 5.15 Å². The van der Waals surface area contributed by atoms with Gasteiger partial charge in [-0.1, -0.05) is 93.6 Å². The van der Waals surface area contributed by atoms with Crippen molar-refractivity contribution in [2.45, 2.75) is 83.5 Å². The van der Waals surface area contributed by atoms with Crippen LogP contribution < -0.4 is 5.56 Å². The number of hydrogen-bond acceptors (Lipinski definition) is 6. The Morgan fingerprint density at radius 2 is 1.64 bits per heavy atom. The summed E-state index contributed by atoms with van der Waals surface area (Å²) >= 11 is 7.10. The fourth-order valence-corrected chi connectivity index (χ4v) is 5.15. The van der Waals surface area contributed by atoms with Crippen molar-refractivity contribution < 1.29 is 4.92 Å². The van der Waals surface area contributed by atoms with Crippen molar-refractivity contribution in [2.24, 2.45) is 5.92 Å². The van der Waals surface area contributed by atoms with Crippen molar-refractivity contribution in [3.05, 3.63) is 30.6 Å². The number of fused-ring (bicyclic) bond motifs is 1. The molecule has 1 aliphatic rings. The third-order valence-corrected chi connectivity index (χ3v) is 6.79. The predicted octanol–water partition coefficient (Wildman–Crippen LogP) is 5.57. The van der Waals surface area contributed by atoms with Crippen LogP contribution in [0, 0.1) is 16.0 Å². The largest absolute Gasteiger partial charge is 0.372 e. The smallest absolute Gasteiger partial charge is 0.259 e. The van der Waals surface area contributed by atoms with Crippen molar-refractivity contribution in [2.75, 3.05) is 0 Å². The van der Waals surface area contributed by atoms with E-state index in [9.17, 15) is 14.9 Å². The number of aromatic nitrogens is 3. The molecular weight excluding hydrogens is 400 g/mol. The Morgan fingerprint density at radius 1 is 1.07 bits per heavy atom. The minimum absolute atomic E-state index is 0.314. The quantitative estimate of drug-likeness (QED) is 0.362. The van der Waals surface area contributed by atoms with Crippen molar-refractivity contribution in [3.63, 3.8) is 0 Å². The van der Waals surface area contributed by atoms with Gasteiger partial charge < -0.3 is 0 Å². The maximum absolute atomic E-state index is 12.3. The van der Waals surface area contributed by atoms with E-state index in [1.807, 2.05) is 0 Å². The molecule has 3 rings (SSSR count). The van der Waals surface area contributed by atoms with E-state index < -0.39 is 16.2 Å². The minimum Gasteiger partial charge on any atom is -0.259 e. The summed E-state index contributed by atoms with van der Waals surface area (Å²) in [4.78, 5) is 26.8. The van der Waals surface area contributed by atoms with E-state index in [1.165, 1.54) is 82.0 Å². The van der Waals surface area contributed by atoms with Crippen LogP contribution in [-0.2, 0) is 6.42 Å². The maximum atomic E-state index is 12.3. The second-order valence-electron chi connectivity index (χ2n) is 7.67. The second-order valence-corrected chi connectivity index (χ2v) is 9.07. The van der Waals surface area contributed by atoms with Gasteiger partial charge >= 0.3 is 11.2 Å². The number of nitro groups is 1. The summed E-state index contributed by atoms with van der Waals surface area (Å²) in [5.41, 5.74) is -1.52. The average molecular weight is 427 g/mol. The van der Waals surface area contributed by atoms with Crippen LogP contribution in [0.5, 0.6) is 0 Å². The average Bonchev–Trinajstić information content (AvgIpc) is 3.04. The normalized spacial score (nSPS) is 17.9. The molecule has 2 aromatic heterocycles. The highest BCUT2D eigenvalue weighted by molar-refractivity contribution is 7.16. The molecule has 1 fully saturated rings. The lowest BCUT2D eigenvalue weighted by molar-refractivity contribution is -0.386. The molecule has 9 heteroatoms. The van der Waals surface area contributed by atoms with E-state index in [1.54, 1.807) is 0 Å². The third kappa shape index (κ3) is 5.50. The summed E-state index contributed by atoms with van der Waals surface area (Å²) in [5.74, 6) is 0.675. The first-order chi connectivity index (χ1) is 13.6. The van der Waals surface area contributed by atoms with Crippen LogP contribution in [0.1, 0.15) is 82.1 Å². The zero-order valence-corrected chi connectivity index (χ0v) is 17.6. The van der Waals surface area contributed by atoms with Crippen LogP contribution in [-0.4, -0.2) is 19.5 Å². The van der Waals surface area contributed by atoms with E-state index in [4.69, 9.17) is 11.6 Å². The number of nitrogens with zero attached hydrogens (tertiary/aromatic N) is 4. The van der Waals surface area contributed by atoms with Crippen molar-refractivity contribution in [1.29, 1.82) is 0 Å². The van der Waals surface area contributed by atoms with Crippen molar-refractivity contribution in [1.82, 2.24) is 14.6 Å². The topological polar surface area (TPSA) is 90.4 Å². The molecule has 0 atom stereocenters. The van der Waals surface area contributed by atoms with Crippen LogP contribution in [0.3, 0.4) is 0 Å². The third-order valence-electron chi connectivity index (χ3n) is 5.56. The molecule has 154 valence electrons. The van der Waals surface area contributed by atoms with Crippen LogP contribution in [0.2, 0.25) is 5.15 Å². The Morgan fingerprint density at radius 3 is 2.21 bits per heavy atom. The molecule has 0 N–H and O–H groups in total. The summed E-state index contributed by atoms with van der Waals surface area (Å²) in [6.07, 6.45) is 16.3. The first-order valence-electron chi connectivity index (χ1n) is 10.3. The lowest BCUT2D eigenvalue weighted by atomic mass is 9.90. The van der Waals surface area contributed by atoms with Gasteiger partial charge in [0.1, 0.15) is 5.01 Å². The van der Waals surface area contributed by atoms with E-state index in [0.717, 1.165) is 22.4 Å². The number of rotatable bonds is 4. The van der Waals surface area contributed by atoms with Crippen molar-refractivity contribution in [3.8, 4) is 0 Å². The molecule has 0 aromatic carbocycles. The summed E-state index contributed by atoms with van der Waals surface area (Å²) in [6, 6.07) is 0. The number of halogens is 1. The highest BCUT2D eigenvalue weighted by atomic mass is 35.5. The SMILES string of the molecule is O=c1c([N+](=O)[O-])c(Cl)nc2sc(CCC3CCCCCCCCCCC3)nn12. The fraction of sp³-hybridized carbons (Fsp3) is 0.737. The van der Waals surface area contributed by atoms with Gasteiger partial charge in [-0.3, -0.25) is 14.9 Å². The Labute approximate surface area is 173 Å². The molecule has 0 saturated heterocycles.